The first kappa shape index (κ1) is 14.7. The minimum atomic E-state index is 0.662. The number of nitrogens with zero attached hydrogens (tertiary/aromatic N) is 2. The zero-order chi connectivity index (χ0) is 15.7. The lowest BCUT2D eigenvalue weighted by Gasteiger charge is -2.08. The first-order valence-electron chi connectivity index (χ1n) is 7.90. The van der Waals surface area contributed by atoms with Gasteiger partial charge in [0.05, 0.1) is 5.56 Å². The summed E-state index contributed by atoms with van der Waals surface area (Å²) < 4.78 is 2.26. The second kappa shape index (κ2) is 5.88. The van der Waals surface area contributed by atoms with E-state index in [2.05, 4.69) is 79.8 Å². The van der Waals surface area contributed by atoms with E-state index in [4.69, 9.17) is 0 Å². The molecule has 3 rings (SSSR count). The number of aryl methyl sites for hydroxylation is 2. The van der Waals surface area contributed by atoms with Crippen LogP contribution in [-0.4, -0.2) is 4.98 Å². The van der Waals surface area contributed by atoms with Gasteiger partial charge in [0.2, 0.25) is 11.2 Å². The molecule has 112 valence electrons. The van der Waals surface area contributed by atoms with Crippen molar-refractivity contribution in [3.63, 3.8) is 0 Å². The van der Waals surface area contributed by atoms with Gasteiger partial charge < -0.3 is 0 Å². The van der Waals surface area contributed by atoms with E-state index < -0.39 is 0 Å². The molecule has 0 unspecified atom stereocenters. The highest BCUT2D eigenvalue weighted by molar-refractivity contribution is 5.74. The highest BCUT2D eigenvalue weighted by Crippen LogP contribution is 2.21. The summed E-state index contributed by atoms with van der Waals surface area (Å²) in [5.74, 6) is 0.662. The van der Waals surface area contributed by atoms with Crippen LogP contribution in [0.15, 0.2) is 48.7 Å². The molecule has 0 radical (unpaired) electrons. The number of fused-ring (bicyclic) bond motifs is 1. The molecule has 0 saturated carbocycles. The SMILES string of the molecule is Cc1ccccc1-c1cnc2ccc(CC(C)C)cc2[n+]1C. The smallest absolute Gasteiger partial charge is 0.231 e. The first-order valence-corrected chi connectivity index (χ1v) is 7.90. The molecule has 0 amide bonds. The maximum atomic E-state index is 4.66. The largest absolute Gasteiger partial charge is 0.243 e. The molecule has 1 aromatic heterocycles. The number of aromatic nitrogens is 2. The van der Waals surface area contributed by atoms with Gasteiger partial charge in [-0.15, -0.1) is 0 Å². The topological polar surface area (TPSA) is 16.8 Å². The summed E-state index contributed by atoms with van der Waals surface area (Å²) in [6, 6.07) is 15.1. The Labute approximate surface area is 132 Å². The van der Waals surface area contributed by atoms with Crippen LogP contribution in [0.5, 0.6) is 0 Å². The van der Waals surface area contributed by atoms with Crippen molar-refractivity contribution in [1.82, 2.24) is 4.98 Å². The van der Waals surface area contributed by atoms with Gasteiger partial charge in [-0.1, -0.05) is 38.1 Å². The molecule has 0 aliphatic carbocycles. The molecule has 0 N–H and O–H groups in total. The summed E-state index contributed by atoms with van der Waals surface area (Å²) in [6.07, 6.45) is 3.08. The van der Waals surface area contributed by atoms with Crippen molar-refractivity contribution in [2.75, 3.05) is 0 Å². The van der Waals surface area contributed by atoms with Gasteiger partial charge in [-0.05, 0) is 42.5 Å². The molecule has 2 aromatic carbocycles. The second-order valence-corrected chi connectivity index (χ2v) is 6.44. The zero-order valence-corrected chi connectivity index (χ0v) is 13.8. The fourth-order valence-electron chi connectivity index (χ4n) is 3.00. The van der Waals surface area contributed by atoms with E-state index in [9.17, 15) is 0 Å². The van der Waals surface area contributed by atoms with Crippen LogP contribution in [0.1, 0.15) is 25.0 Å². The van der Waals surface area contributed by atoms with Crippen molar-refractivity contribution in [1.29, 1.82) is 0 Å². The van der Waals surface area contributed by atoms with Gasteiger partial charge in [0, 0.05) is 6.07 Å². The summed E-state index contributed by atoms with van der Waals surface area (Å²) in [6.45, 7) is 6.66. The molecule has 2 nitrogen and oxygen atoms in total. The molecule has 3 aromatic rings. The third-order valence-corrected chi connectivity index (χ3v) is 4.15. The van der Waals surface area contributed by atoms with E-state index >= 15 is 0 Å². The number of rotatable bonds is 3. The molecule has 0 atom stereocenters. The highest BCUT2D eigenvalue weighted by atomic mass is 15.0. The lowest BCUT2D eigenvalue weighted by Crippen LogP contribution is -2.32. The molecular weight excluding hydrogens is 268 g/mol. The van der Waals surface area contributed by atoms with Crippen molar-refractivity contribution < 1.29 is 4.57 Å². The Morgan fingerprint density at radius 2 is 1.86 bits per heavy atom. The maximum absolute atomic E-state index is 4.66. The van der Waals surface area contributed by atoms with E-state index in [0.29, 0.717) is 5.92 Å². The lowest BCUT2D eigenvalue weighted by atomic mass is 10.0. The third kappa shape index (κ3) is 2.74. The van der Waals surface area contributed by atoms with Crippen LogP contribution in [0.25, 0.3) is 22.3 Å². The minimum Gasteiger partial charge on any atom is -0.243 e. The monoisotopic (exact) mass is 291 g/mol. The second-order valence-electron chi connectivity index (χ2n) is 6.44. The Morgan fingerprint density at radius 3 is 2.59 bits per heavy atom. The molecular formula is C20H23N2+. The third-order valence-electron chi connectivity index (χ3n) is 4.15. The summed E-state index contributed by atoms with van der Waals surface area (Å²) in [4.78, 5) is 4.66. The van der Waals surface area contributed by atoms with Gasteiger partial charge in [0.15, 0.2) is 0 Å². The lowest BCUT2D eigenvalue weighted by molar-refractivity contribution is -0.634. The fourth-order valence-corrected chi connectivity index (χ4v) is 3.00. The minimum absolute atomic E-state index is 0.662. The number of benzene rings is 2. The van der Waals surface area contributed by atoms with Gasteiger partial charge in [0.1, 0.15) is 18.8 Å². The van der Waals surface area contributed by atoms with Crippen LogP contribution in [0.3, 0.4) is 0 Å². The average Bonchev–Trinajstić information content (AvgIpc) is 2.49. The first-order chi connectivity index (χ1) is 10.6. The molecule has 0 bridgehead atoms. The quantitative estimate of drug-likeness (QED) is 0.660. The maximum Gasteiger partial charge on any atom is 0.231 e. The van der Waals surface area contributed by atoms with Crippen molar-refractivity contribution in [3.05, 3.63) is 59.8 Å². The van der Waals surface area contributed by atoms with Crippen molar-refractivity contribution in [2.45, 2.75) is 27.2 Å². The van der Waals surface area contributed by atoms with E-state index in [1.54, 1.807) is 0 Å². The van der Waals surface area contributed by atoms with Gasteiger partial charge >= 0.3 is 0 Å². The predicted molar refractivity (Wildman–Crippen MR) is 91.6 cm³/mol. The number of hydrogen-bond acceptors (Lipinski definition) is 1. The van der Waals surface area contributed by atoms with Gasteiger partial charge in [0.25, 0.3) is 0 Å². The normalized spacial score (nSPS) is 11.3. The standard InChI is InChI=1S/C20H23N2/c1-14(2)11-16-9-10-18-19(12-16)22(4)20(13-21-18)17-8-6-5-7-15(17)3/h5-10,12-14H,11H2,1-4H3/q+1. The van der Waals surface area contributed by atoms with E-state index in [1.165, 1.54) is 22.2 Å². The van der Waals surface area contributed by atoms with Crippen molar-refractivity contribution >= 4 is 11.0 Å². The summed E-state index contributed by atoms with van der Waals surface area (Å²) >= 11 is 0. The number of hydrogen-bond donors (Lipinski definition) is 0. The van der Waals surface area contributed by atoms with Gasteiger partial charge in [-0.2, -0.15) is 4.57 Å². The molecule has 1 heterocycles. The molecule has 0 saturated heterocycles. The fraction of sp³-hybridized carbons (Fsp3) is 0.300. The van der Waals surface area contributed by atoms with Crippen LogP contribution < -0.4 is 4.57 Å². The molecule has 22 heavy (non-hydrogen) atoms. The van der Waals surface area contributed by atoms with Crippen LogP contribution in [0, 0.1) is 12.8 Å². The van der Waals surface area contributed by atoms with E-state index in [1.807, 2.05) is 6.20 Å². The van der Waals surface area contributed by atoms with Gasteiger partial charge in [-0.25, -0.2) is 4.98 Å². The molecule has 0 spiro atoms. The van der Waals surface area contributed by atoms with Crippen LogP contribution in [0.2, 0.25) is 0 Å². The van der Waals surface area contributed by atoms with Crippen molar-refractivity contribution in [2.24, 2.45) is 13.0 Å². The van der Waals surface area contributed by atoms with Crippen LogP contribution in [-0.2, 0) is 13.5 Å². The van der Waals surface area contributed by atoms with Crippen LogP contribution in [0.4, 0.5) is 0 Å². The Bertz CT molecular complexity index is 819. The molecule has 0 aliphatic rings. The molecule has 0 aliphatic heterocycles. The van der Waals surface area contributed by atoms with Crippen molar-refractivity contribution in [3.8, 4) is 11.3 Å². The average molecular weight is 291 g/mol. The summed E-state index contributed by atoms with van der Waals surface area (Å²) in [5.41, 5.74) is 7.30. The Kier molecular flexibility index (Phi) is 3.93. The Morgan fingerprint density at radius 1 is 1.09 bits per heavy atom. The summed E-state index contributed by atoms with van der Waals surface area (Å²) in [5, 5.41) is 0. The molecule has 0 fully saturated rings. The Balaban J connectivity index is 2.17. The van der Waals surface area contributed by atoms with Gasteiger partial charge in [-0.3, -0.25) is 0 Å². The zero-order valence-electron chi connectivity index (χ0n) is 13.8. The Hall–Kier alpha value is -2.22. The molecule has 2 heteroatoms. The van der Waals surface area contributed by atoms with E-state index in [0.717, 1.165) is 17.6 Å². The summed E-state index contributed by atoms with van der Waals surface area (Å²) in [7, 11) is 2.13. The van der Waals surface area contributed by atoms with E-state index in [-0.39, 0.29) is 0 Å². The highest BCUT2D eigenvalue weighted by Gasteiger charge is 2.17. The van der Waals surface area contributed by atoms with Crippen LogP contribution >= 0.6 is 0 Å². The predicted octanol–water partition coefficient (Wildman–Crippen LogP) is 4.23.